The minimum atomic E-state index is 0.340. The van der Waals surface area contributed by atoms with Crippen molar-refractivity contribution in [3.63, 3.8) is 0 Å². The van der Waals surface area contributed by atoms with Crippen LogP contribution in [0.2, 0.25) is 0 Å². The van der Waals surface area contributed by atoms with Crippen LogP contribution in [0.4, 0.5) is 5.82 Å². The van der Waals surface area contributed by atoms with E-state index < -0.39 is 0 Å². The van der Waals surface area contributed by atoms with Crippen molar-refractivity contribution in [1.82, 2.24) is 14.9 Å². The van der Waals surface area contributed by atoms with Crippen LogP contribution in [0.5, 0.6) is 0 Å². The average Bonchev–Trinajstić information content (AvgIpc) is 2.52. The van der Waals surface area contributed by atoms with Gasteiger partial charge in [-0.05, 0) is 12.3 Å². The molecule has 0 aromatic carbocycles. The number of ether oxygens (including phenoxy) is 1. The maximum absolute atomic E-state index is 8.72. The number of hydrogen-bond acceptors (Lipinski definition) is 6. The highest BCUT2D eigenvalue weighted by Crippen LogP contribution is 2.14. The Labute approximate surface area is 126 Å². The number of morpholine rings is 1. The monoisotopic (exact) mass is 289 g/mol. The van der Waals surface area contributed by atoms with E-state index in [1.807, 2.05) is 6.07 Å². The summed E-state index contributed by atoms with van der Waals surface area (Å²) in [6.45, 7) is 8.91. The summed E-state index contributed by atoms with van der Waals surface area (Å²) in [7, 11) is 0. The van der Waals surface area contributed by atoms with E-state index in [4.69, 9.17) is 10.00 Å². The number of nitrogens with zero attached hydrogens (tertiary/aromatic N) is 4. The van der Waals surface area contributed by atoms with Crippen LogP contribution in [-0.4, -0.2) is 53.8 Å². The molecule has 1 aromatic heterocycles. The van der Waals surface area contributed by atoms with E-state index in [1.165, 1.54) is 6.20 Å². The first-order valence-electron chi connectivity index (χ1n) is 7.47. The molecule has 0 amide bonds. The SMILES string of the molecule is CC(C)CC(CNc1cnc(C#N)cn1)N1CCOCC1. The van der Waals surface area contributed by atoms with Crippen LogP contribution in [-0.2, 0) is 4.74 Å². The zero-order valence-electron chi connectivity index (χ0n) is 12.7. The minimum Gasteiger partial charge on any atom is -0.379 e. The van der Waals surface area contributed by atoms with Crippen LogP contribution in [0.1, 0.15) is 26.0 Å². The van der Waals surface area contributed by atoms with E-state index >= 15 is 0 Å². The second kappa shape index (κ2) is 7.91. The van der Waals surface area contributed by atoms with Gasteiger partial charge in [0.05, 0.1) is 25.6 Å². The van der Waals surface area contributed by atoms with Gasteiger partial charge in [0.15, 0.2) is 5.69 Å². The largest absolute Gasteiger partial charge is 0.379 e. The Kier molecular flexibility index (Phi) is 5.90. The third-order valence-corrected chi connectivity index (χ3v) is 3.59. The molecule has 0 radical (unpaired) electrons. The van der Waals surface area contributed by atoms with Crippen LogP contribution in [0, 0.1) is 17.2 Å². The fourth-order valence-electron chi connectivity index (χ4n) is 2.55. The highest BCUT2D eigenvalue weighted by Gasteiger charge is 2.21. The molecule has 1 aliphatic rings. The average molecular weight is 289 g/mol. The summed E-state index contributed by atoms with van der Waals surface area (Å²) < 4.78 is 5.43. The van der Waals surface area contributed by atoms with Gasteiger partial charge >= 0.3 is 0 Å². The Morgan fingerprint density at radius 2 is 2.10 bits per heavy atom. The fourth-order valence-corrected chi connectivity index (χ4v) is 2.55. The molecule has 1 saturated heterocycles. The van der Waals surface area contributed by atoms with Crippen molar-refractivity contribution < 1.29 is 4.74 Å². The fraction of sp³-hybridized carbons (Fsp3) is 0.667. The lowest BCUT2D eigenvalue weighted by molar-refractivity contribution is 0.0150. The highest BCUT2D eigenvalue weighted by atomic mass is 16.5. The molecule has 6 nitrogen and oxygen atoms in total. The zero-order valence-corrected chi connectivity index (χ0v) is 12.7. The number of hydrogen-bond donors (Lipinski definition) is 1. The van der Waals surface area contributed by atoms with E-state index in [1.54, 1.807) is 6.20 Å². The smallest absolute Gasteiger partial charge is 0.158 e. The van der Waals surface area contributed by atoms with Gasteiger partial charge < -0.3 is 10.1 Å². The Bertz CT molecular complexity index is 462. The van der Waals surface area contributed by atoms with Gasteiger partial charge in [-0.15, -0.1) is 0 Å². The molecule has 0 aliphatic carbocycles. The van der Waals surface area contributed by atoms with Gasteiger partial charge in [-0.25, -0.2) is 9.97 Å². The molecular weight excluding hydrogens is 266 g/mol. The first kappa shape index (κ1) is 15.7. The second-order valence-electron chi connectivity index (χ2n) is 5.71. The topological polar surface area (TPSA) is 74.1 Å². The Balaban J connectivity index is 1.92. The molecule has 0 bridgehead atoms. The molecular formula is C15H23N5O. The van der Waals surface area contributed by atoms with Crippen molar-refractivity contribution in [3.8, 4) is 6.07 Å². The van der Waals surface area contributed by atoms with Crippen molar-refractivity contribution >= 4 is 5.82 Å². The van der Waals surface area contributed by atoms with Crippen molar-refractivity contribution in [2.45, 2.75) is 26.3 Å². The van der Waals surface area contributed by atoms with Crippen molar-refractivity contribution in [1.29, 1.82) is 5.26 Å². The van der Waals surface area contributed by atoms with E-state index in [0.29, 0.717) is 17.7 Å². The zero-order chi connectivity index (χ0) is 15.1. The normalized spacial score (nSPS) is 17.4. The maximum Gasteiger partial charge on any atom is 0.158 e. The lowest BCUT2D eigenvalue weighted by Crippen LogP contribution is -2.47. The number of nitrogens with one attached hydrogen (secondary N) is 1. The van der Waals surface area contributed by atoms with Gasteiger partial charge in [-0.2, -0.15) is 5.26 Å². The molecule has 21 heavy (non-hydrogen) atoms. The van der Waals surface area contributed by atoms with Crippen LogP contribution < -0.4 is 5.32 Å². The predicted octanol–water partition coefficient (Wildman–Crippen LogP) is 1.51. The minimum absolute atomic E-state index is 0.340. The maximum atomic E-state index is 8.72. The Morgan fingerprint density at radius 3 is 2.67 bits per heavy atom. The first-order valence-corrected chi connectivity index (χ1v) is 7.47. The third kappa shape index (κ3) is 4.96. The molecule has 0 saturated carbocycles. The number of nitriles is 1. The summed E-state index contributed by atoms with van der Waals surface area (Å²) in [6, 6.07) is 2.44. The summed E-state index contributed by atoms with van der Waals surface area (Å²) in [6.07, 6.45) is 4.25. The molecule has 1 N–H and O–H groups in total. The van der Waals surface area contributed by atoms with Gasteiger partial charge in [0.1, 0.15) is 11.9 Å². The van der Waals surface area contributed by atoms with Gasteiger partial charge in [-0.3, -0.25) is 4.90 Å². The molecule has 1 aliphatic heterocycles. The molecule has 2 rings (SSSR count). The number of anilines is 1. The number of rotatable bonds is 6. The third-order valence-electron chi connectivity index (χ3n) is 3.59. The van der Waals surface area contributed by atoms with Crippen LogP contribution in [0.15, 0.2) is 12.4 Å². The molecule has 1 atom stereocenters. The molecule has 1 unspecified atom stereocenters. The standard InChI is InChI=1S/C15H23N5O/c1-12(2)7-14(20-3-5-21-6-4-20)10-19-15-11-17-13(8-16)9-18-15/h9,11-12,14H,3-7,10H2,1-2H3,(H,18,19). The first-order chi connectivity index (χ1) is 10.2. The van der Waals surface area contributed by atoms with E-state index in [9.17, 15) is 0 Å². The van der Waals surface area contributed by atoms with E-state index in [-0.39, 0.29) is 0 Å². The van der Waals surface area contributed by atoms with Gasteiger partial charge in [-0.1, -0.05) is 13.8 Å². The van der Waals surface area contributed by atoms with Gasteiger partial charge in [0.2, 0.25) is 0 Å². The predicted molar refractivity (Wildman–Crippen MR) is 80.9 cm³/mol. The van der Waals surface area contributed by atoms with Crippen molar-refractivity contribution in [2.24, 2.45) is 5.92 Å². The van der Waals surface area contributed by atoms with E-state index in [2.05, 4.69) is 34.0 Å². The molecule has 0 spiro atoms. The van der Waals surface area contributed by atoms with Crippen molar-refractivity contribution in [2.75, 3.05) is 38.2 Å². The highest BCUT2D eigenvalue weighted by molar-refractivity contribution is 5.33. The van der Waals surface area contributed by atoms with Crippen LogP contribution >= 0.6 is 0 Å². The summed E-state index contributed by atoms with van der Waals surface area (Å²) >= 11 is 0. The summed E-state index contributed by atoms with van der Waals surface area (Å²) in [5.41, 5.74) is 0.340. The van der Waals surface area contributed by atoms with Crippen molar-refractivity contribution in [3.05, 3.63) is 18.1 Å². The molecule has 1 aromatic rings. The lowest BCUT2D eigenvalue weighted by Gasteiger charge is -2.35. The Hall–Kier alpha value is -1.71. The van der Waals surface area contributed by atoms with Gasteiger partial charge in [0.25, 0.3) is 0 Å². The Morgan fingerprint density at radius 1 is 1.33 bits per heavy atom. The molecule has 6 heteroatoms. The summed E-state index contributed by atoms with van der Waals surface area (Å²) in [5, 5.41) is 12.1. The summed E-state index contributed by atoms with van der Waals surface area (Å²) in [5.74, 6) is 1.36. The second-order valence-corrected chi connectivity index (χ2v) is 5.71. The number of aromatic nitrogens is 2. The lowest BCUT2D eigenvalue weighted by atomic mass is 10.0. The molecule has 1 fully saturated rings. The molecule has 2 heterocycles. The van der Waals surface area contributed by atoms with Crippen LogP contribution in [0.3, 0.4) is 0 Å². The summed E-state index contributed by atoms with van der Waals surface area (Å²) in [4.78, 5) is 10.7. The molecule has 114 valence electrons. The van der Waals surface area contributed by atoms with Crippen LogP contribution in [0.25, 0.3) is 0 Å². The van der Waals surface area contributed by atoms with Gasteiger partial charge in [0, 0.05) is 25.7 Å². The quantitative estimate of drug-likeness (QED) is 0.855. The van der Waals surface area contributed by atoms with E-state index in [0.717, 1.165) is 45.1 Å².